The second-order valence-corrected chi connectivity index (χ2v) is 13.1. The molecule has 1 fully saturated rings. The average Bonchev–Trinajstić information content (AvgIpc) is 3.80. The Hall–Kier alpha value is -4.07. The van der Waals surface area contributed by atoms with Crippen molar-refractivity contribution in [1.82, 2.24) is 14.9 Å². The smallest absolute Gasteiger partial charge is 0.335 e. The summed E-state index contributed by atoms with van der Waals surface area (Å²) in [4.78, 5) is 30.0. The minimum atomic E-state index is -0.956. The SMILES string of the molecule is CCCCn1cc(-c2ccc(Cl)cc2Cl)nc1[C@H](Cc1ccc(OCc2ccc(C(=O)O)cc2)cc1)NC(=O)C1CC2C=CC1C2. The lowest BCUT2D eigenvalue weighted by atomic mass is 9.92. The highest BCUT2D eigenvalue weighted by Gasteiger charge is 2.40. The van der Waals surface area contributed by atoms with Crippen LogP contribution in [0.4, 0.5) is 0 Å². The predicted molar refractivity (Wildman–Crippen MR) is 180 cm³/mol. The lowest BCUT2D eigenvalue weighted by Gasteiger charge is -2.24. The minimum absolute atomic E-state index is 0.0259. The van der Waals surface area contributed by atoms with Gasteiger partial charge < -0.3 is 19.7 Å². The standard InChI is InChI=1S/C37H37Cl2N3O4/c1-2-3-16-42-21-34(30-15-12-28(38)20-32(30)39)40-35(42)33(41-36(43)31-18-25-6-11-27(31)17-25)19-23-7-13-29(14-8-23)46-22-24-4-9-26(10-5-24)37(44)45/h4-15,20-21,25,27,31,33H,2-3,16-19,22H2,1H3,(H,41,43)(H,44,45)/t25?,27?,31?,33-/m0/s1. The first-order valence-electron chi connectivity index (χ1n) is 15.8. The average molecular weight is 659 g/mol. The van der Waals surface area contributed by atoms with Gasteiger partial charge in [0.25, 0.3) is 0 Å². The second-order valence-electron chi connectivity index (χ2n) is 12.2. The first-order chi connectivity index (χ1) is 22.3. The molecule has 3 aromatic carbocycles. The molecular formula is C37H37Cl2N3O4. The number of allylic oxidation sites excluding steroid dienone is 2. The van der Waals surface area contributed by atoms with Gasteiger partial charge in [-0.2, -0.15) is 0 Å². The third-order valence-corrected chi connectivity index (χ3v) is 9.53. The number of benzene rings is 3. The molecule has 1 heterocycles. The van der Waals surface area contributed by atoms with E-state index in [1.807, 2.05) is 42.6 Å². The highest BCUT2D eigenvalue weighted by Crippen LogP contribution is 2.44. The van der Waals surface area contributed by atoms with Crippen molar-refractivity contribution in [1.29, 1.82) is 0 Å². The fraction of sp³-hybridized carbons (Fsp3) is 0.324. The Morgan fingerprint density at radius 1 is 1.02 bits per heavy atom. The Labute approximate surface area is 279 Å². The molecule has 0 radical (unpaired) electrons. The molecule has 4 aromatic rings. The zero-order valence-electron chi connectivity index (χ0n) is 25.7. The van der Waals surface area contributed by atoms with Crippen molar-refractivity contribution in [2.75, 3.05) is 0 Å². The third kappa shape index (κ3) is 7.32. The number of carboxylic acids is 1. The number of fused-ring (bicyclic) bond motifs is 2. The van der Waals surface area contributed by atoms with Crippen molar-refractivity contribution < 1.29 is 19.4 Å². The highest BCUT2D eigenvalue weighted by molar-refractivity contribution is 6.36. The summed E-state index contributed by atoms with van der Waals surface area (Å²) in [5.41, 5.74) is 3.69. The monoisotopic (exact) mass is 657 g/mol. The van der Waals surface area contributed by atoms with Crippen LogP contribution in [-0.2, 0) is 24.4 Å². The quantitative estimate of drug-likeness (QED) is 0.141. The molecule has 3 unspecified atom stereocenters. The van der Waals surface area contributed by atoms with Crippen molar-refractivity contribution in [3.8, 4) is 17.0 Å². The number of carbonyl (C=O) groups excluding carboxylic acids is 1. The van der Waals surface area contributed by atoms with Gasteiger partial charge in [0, 0.05) is 29.2 Å². The molecule has 6 rings (SSSR count). The number of imidazole rings is 1. The lowest BCUT2D eigenvalue weighted by Crippen LogP contribution is -2.37. The van der Waals surface area contributed by atoms with Crippen LogP contribution in [0.1, 0.15) is 66.0 Å². The number of aromatic carboxylic acids is 1. The lowest BCUT2D eigenvalue weighted by molar-refractivity contribution is -0.126. The van der Waals surface area contributed by atoms with Crippen LogP contribution >= 0.6 is 23.2 Å². The summed E-state index contributed by atoms with van der Waals surface area (Å²) < 4.78 is 8.13. The molecule has 9 heteroatoms. The molecule has 0 saturated heterocycles. The van der Waals surface area contributed by atoms with E-state index >= 15 is 0 Å². The minimum Gasteiger partial charge on any atom is -0.489 e. The molecule has 1 aromatic heterocycles. The molecule has 2 aliphatic rings. The summed E-state index contributed by atoms with van der Waals surface area (Å²) >= 11 is 12.8. The summed E-state index contributed by atoms with van der Waals surface area (Å²) in [6, 6.07) is 19.6. The van der Waals surface area contributed by atoms with Gasteiger partial charge in [-0.15, -0.1) is 0 Å². The van der Waals surface area contributed by atoms with Gasteiger partial charge in [0.05, 0.1) is 22.3 Å². The molecule has 1 saturated carbocycles. The molecule has 4 atom stereocenters. The third-order valence-electron chi connectivity index (χ3n) is 8.98. The number of ether oxygens (including phenoxy) is 1. The second kappa shape index (κ2) is 14.1. The zero-order chi connectivity index (χ0) is 32.2. The number of nitrogens with one attached hydrogen (secondary N) is 1. The first-order valence-corrected chi connectivity index (χ1v) is 16.6. The van der Waals surface area contributed by atoms with Crippen molar-refractivity contribution in [2.24, 2.45) is 17.8 Å². The number of hydrogen-bond donors (Lipinski definition) is 2. The van der Waals surface area contributed by atoms with Gasteiger partial charge in [0.1, 0.15) is 18.2 Å². The Morgan fingerprint density at radius 2 is 1.78 bits per heavy atom. The van der Waals surface area contributed by atoms with Crippen LogP contribution in [0.3, 0.4) is 0 Å². The number of amides is 1. The van der Waals surface area contributed by atoms with E-state index in [-0.39, 0.29) is 23.4 Å². The first kappa shape index (κ1) is 31.9. The number of aromatic nitrogens is 2. The molecule has 2 bridgehead atoms. The van der Waals surface area contributed by atoms with Crippen LogP contribution in [0.2, 0.25) is 10.0 Å². The predicted octanol–water partition coefficient (Wildman–Crippen LogP) is 8.55. The molecule has 7 nitrogen and oxygen atoms in total. The van der Waals surface area contributed by atoms with Gasteiger partial charge in [-0.05, 0) is 91.1 Å². The Kier molecular flexibility index (Phi) is 9.81. The van der Waals surface area contributed by atoms with E-state index < -0.39 is 5.97 Å². The molecule has 0 aliphatic heterocycles. The number of aryl methyl sites for hydroxylation is 1. The number of rotatable bonds is 13. The van der Waals surface area contributed by atoms with Crippen LogP contribution in [0.5, 0.6) is 5.75 Å². The van der Waals surface area contributed by atoms with Gasteiger partial charge >= 0.3 is 5.97 Å². The fourth-order valence-electron chi connectivity index (χ4n) is 6.48. The Balaban J connectivity index is 1.24. The normalized spacial score (nSPS) is 18.9. The van der Waals surface area contributed by atoms with E-state index in [2.05, 4.69) is 29.0 Å². The van der Waals surface area contributed by atoms with Crippen molar-refractivity contribution in [3.63, 3.8) is 0 Å². The number of unbranched alkanes of at least 4 members (excludes halogenated alkanes) is 1. The summed E-state index contributed by atoms with van der Waals surface area (Å²) in [6.45, 7) is 3.25. The van der Waals surface area contributed by atoms with Crippen LogP contribution in [0.25, 0.3) is 11.3 Å². The topological polar surface area (TPSA) is 93.5 Å². The molecule has 1 amide bonds. The molecule has 2 N–H and O–H groups in total. The number of halogens is 2. The van der Waals surface area contributed by atoms with Gasteiger partial charge in [0.2, 0.25) is 5.91 Å². The van der Waals surface area contributed by atoms with Crippen LogP contribution in [0.15, 0.2) is 85.1 Å². The van der Waals surface area contributed by atoms with Crippen LogP contribution in [-0.4, -0.2) is 26.5 Å². The maximum atomic E-state index is 13.8. The zero-order valence-corrected chi connectivity index (χ0v) is 27.2. The molecule has 0 spiro atoms. The summed E-state index contributed by atoms with van der Waals surface area (Å²) in [5, 5.41) is 13.6. The van der Waals surface area contributed by atoms with E-state index in [4.69, 9.17) is 38.0 Å². The molecule has 46 heavy (non-hydrogen) atoms. The summed E-state index contributed by atoms with van der Waals surface area (Å²) in [5.74, 6) is 1.38. The van der Waals surface area contributed by atoms with Crippen molar-refractivity contribution in [3.05, 3.63) is 118 Å². The van der Waals surface area contributed by atoms with E-state index in [1.165, 1.54) is 0 Å². The van der Waals surface area contributed by atoms with E-state index in [1.54, 1.807) is 30.3 Å². The maximum absolute atomic E-state index is 13.8. The number of nitrogens with zero attached hydrogens (tertiary/aromatic N) is 2. The van der Waals surface area contributed by atoms with Gasteiger partial charge in [0.15, 0.2) is 0 Å². The Bertz CT molecular complexity index is 1730. The van der Waals surface area contributed by atoms with Gasteiger partial charge in [-0.25, -0.2) is 9.78 Å². The number of carboxylic acid groups (broad SMARTS) is 1. The van der Waals surface area contributed by atoms with Crippen molar-refractivity contribution >= 4 is 35.1 Å². The van der Waals surface area contributed by atoms with Crippen molar-refractivity contribution in [2.45, 2.75) is 58.2 Å². The number of carbonyl (C=O) groups is 2. The summed E-state index contributed by atoms with van der Waals surface area (Å²) in [6.07, 6.45) is 11.0. The molecular weight excluding hydrogens is 621 g/mol. The highest BCUT2D eigenvalue weighted by atomic mass is 35.5. The summed E-state index contributed by atoms with van der Waals surface area (Å²) in [7, 11) is 0. The van der Waals surface area contributed by atoms with Gasteiger partial charge in [-0.3, -0.25) is 4.79 Å². The largest absolute Gasteiger partial charge is 0.489 e. The molecule has 2 aliphatic carbocycles. The van der Waals surface area contributed by atoms with E-state index in [0.29, 0.717) is 40.7 Å². The Morgan fingerprint density at radius 3 is 2.43 bits per heavy atom. The van der Waals surface area contributed by atoms with Gasteiger partial charge in [-0.1, -0.05) is 73.0 Å². The van der Waals surface area contributed by atoms with E-state index in [9.17, 15) is 9.59 Å². The van der Waals surface area contributed by atoms with Crippen LogP contribution in [0, 0.1) is 17.8 Å². The maximum Gasteiger partial charge on any atom is 0.335 e. The molecule has 238 valence electrons. The number of hydrogen-bond acceptors (Lipinski definition) is 4. The fourth-order valence-corrected chi connectivity index (χ4v) is 6.98. The van der Waals surface area contributed by atoms with Crippen LogP contribution < -0.4 is 10.1 Å². The van der Waals surface area contributed by atoms with E-state index in [0.717, 1.165) is 60.4 Å².